The molecule has 3 aromatic rings. The fourth-order valence-corrected chi connectivity index (χ4v) is 3.28. The number of amides is 2. The zero-order chi connectivity index (χ0) is 22.7. The Morgan fingerprint density at radius 3 is 2.81 bits per heavy atom. The molecule has 10 nitrogen and oxygen atoms in total. The van der Waals surface area contributed by atoms with Crippen molar-refractivity contribution in [3.05, 3.63) is 24.7 Å². The van der Waals surface area contributed by atoms with Gasteiger partial charge in [-0.25, -0.2) is 24.1 Å². The van der Waals surface area contributed by atoms with E-state index < -0.39 is 12.2 Å². The third-order valence-electron chi connectivity index (χ3n) is 4.87. The summed E-state index contributed by atoms with van der Waals surface area (Å²) in [5.41, 5.74) is 1.97. The predicted molar refractivity (Wildman–Crippen MR) is 118 cm³/mol. The first-order valence-corrected chi connectivity index (χ1v) is 10.3. The third kappa shape index (κ3) is 5.05. The monoisotopic (exact) mass is 443 g/mol. The highest BCUT2D eigenvalue weighted by atomic mass is 19.1. The Bertz CT molecular complexity index is 1100. The summed E-state index contributed by atoms with van der Waals surface area (Å²) in [6.07, 6.45) is 4.18. The zero-order valence-corrected chi connectivity index (χ0v) is 18.2. The largest absolute Gasteiger partial charge is 0.480 e. The average Bonchev–Trinajstić information content (AvgIpc) is 3.48. The molecule has 3 heterocycles. The molecule has 1 fully saturated rings. The standard InChI is InChI=1S/C21H26FN7O3/c1-29(2)10-12(22)8-24-21(30)28-16-7-6-14-15(9-23-18(14)27-16)17-19(31-3)25-11-26-20(17)32-13-4-5-13/h6-7,9,11-13H,4-5,8,10H2,1-3H3,(H3,23,24,27,28,30)/t12-/m1/s1. The number of pyridine rings is 1. The number of nitrogens with zero attached hydrogens (tertiary/aromatic N) is 4. The number of carbonyl (C=O) groups excluding carboxylic acids is 1. The Hall–Kier alpha value is -3.47. The van der Waals surface area contributed by atoms with Crippen LogP contribution >= 0.6 is 0 Å². The number of carbonyl (C=O) groups is 1. The maximum absolute atomic E-state index is 13.8. The van der Waals surface area contributed by atoms with Gasteiger partial charge in [0.1, 0.15) is 35.6 Å². The van der Waals surface area contributed by atoms with Crippen molar-refractivity contribution < 1.29 is 18.7 Å². The van der Waals surface area contributed by atoms with Crippen LogP contribution in [0.4, 0.5) is 15.0 Å². The highest BCUT2D eigenvalue weighted by molar-refractivity contribution is 5.98. The first-order chi connectivity index (χ1) is 15.4. The van der Waals surface area contributed by atoms with Crippen LogP contribution in [-0.2, 0) is 0 Å². The summed E-state index contributed by atoms with van der Waals surface area (Å²) in [7, 11) is 5.09. The van der Waals surface area contributed by atoms with E-state index >= 15 is 0 Å². The van der Waals surface area contributed by atoms with E-state index in [1.807, 2.05) is 6.07 Å². The summed E-state index contributed by atoms with van der Waals surface area (Å²) in [5, 5.41) is 5.93. The number of urea groups is 1. The van der Waals surface area contributed by atoms with Crippen LogP contribution in [0, 0.1) is 0 Å². The van der Waals surface area contributed by atoms with Crippen molar-refractivity contribution in [2.75, 3.05) is 39.6 Å². The van der Waals surface area contributed by atoms with Gasteiger partial charge in [0.25, 0.3) is 0 Å². The van der Waals surface area contributed by atoms with Gasteiger partial charge in [0, 0.05) is 23.7 Å². The van der Waals surface area contributed by atoms with Crippen LogP contribution in [-0.4, -0.2) is 77.4 Å². The molecule has 4 rings (SSSR count). The SMILES string of the molecule is COc1ncnc(OC2CC2)c1-c1c[nH]c2nc(NC(=O)NC[C@@H](F)CN(C)C)ccc12. The minimum absolute atomic E-state index is 0.0868. The maximum atomic E-state index is 13.8. The number of alkyl halides is 1. The van der Waals surface area contributed by atoms with E-state index in [9.17, 15) is 9.18 Å². The fourth-order valence-electron chi connectivity index (χ4n) is 3.28. The average molecular weight is 443 g/mol. The second-order valence-corrected chi connectivity index (χ2v) is 7.87. The molecule has 170 valence electrons. The number of hydrogen-bond acceptors (Lipinski definition) is 7. The highest BCUT2D eigenvalue weighted by Gasteiger charge is 2.28. The predicted octanol–water partition coefficient (Wildman–Crippen LogP) is 2.59. The molecule has 1 atom stereocenters. The van der Waals surface area contributed by atoms with Crippen LogP contribution in [0.25, 0.3) is 22.2 Å². The number of aromatic amines is 1. The molecule has 0 saturated heterocycles. The first-order valence-electron chi connectivity index (χ1n) is 10.3. The van der Waals surface area contributed by atoms with Crippen molar-refractivity contribution in [2.24, 2.45) is 0 Å². The molecule has 1 aliphatic carbocycles. The number of methoxy groups -OCH3 is 1. The van der Waals surface area contributed by atoms with Crippen molar-refractivity contribution in [1.29, 1.82) is 0 Å². The van der Waals surface area contributed by atoms with Crippen LogP contribution < -0.4 is 20.1 Å². The van der Waals surface area contributed by atoms with Gasteiger partial charge in [-0.05, 0) is 39.1 Å². The lowest BCUT2D eigenvalue weighted by atomic mass is 10.1. The molecule has 0 radical (unpaired) electrons. The van der Waals surface area contributed by atoms with Crippen molar-refractivity contribution in [2.45, 2.75) is 25.1 Å². The Morgan fingerprint density at radius 1 is 1.31 bits per heavy atom. The van der Waals surface area contributed by atoms with Gasteiger partial charge in [0.05, 0.1) is 13.7 Å². The molecule has 32 heavy (non-hydrogen) atoms. The fraction of sp³-hybridized carbons (Fsp3) is 0.429. The van der Waals surface area contributed by atoms with E-state index in [1.54, 1.807) is 38.4 Å². The molecule has 11 heteroatoms. The minimum atomic E-state index is -1.16. The zero-order valence-electron chi connectivity index (χ0n) is 18.2. The lowest BCUT2D eigenvalue weighted by Gasteiger charge is -2.14. The number of halogens is 1. The molecule has 0 spiro atoms. The lowest BCUT2D eigenvalue weighted by Crippen LogP contribution is -2.37. The van der Waals surface area contributed by atoms with Crippen molar-refractivity contribution in [3.8, 4) is 22.9 Å². The van der Waals surface area contributed by atoms with E-state index in [0.717, 1.165) is 23.8 Å². The molecule has 0 bridgehead atoms. The van der Waals surface area contributed by atoms with Crippen LogP contribution in [0.3, 0.4) is 0 Å². The summed E-state index contributed by atoms with van der Waals surface area (Å²) in [4.78, 5) is 29.9. The van der Waals surface area contributed by atoms with E-state index in [-0.39, 0.29) is 19.2 Å². The maximum Gasteiger partial charge on any atom is 0.320 e. The molecular formula is C21H26FN7O3. The van der Waals surface area contributed by atoms with E-state index in [1.165, 1.54) is 6.33 Å². The Morgan fingerprint density at radius 2 is 2.09 bits per heavy atom. The Balaban J connectivity index is 1.52. The second-order valence-electron chi connectivity index (χ2n) is 7.87. The minimum Gasteiger partial charge on any atom is -0.480 e. The van der Waals surface area contributed by atoms with Crippen LogP contribution in [0.15, 0.2) is 24.7 Å². The number of fused-ring (bicyclic) bond motifs is 1. The summed E-state index contributed by atoms with van der Waals surface area (Å²) in [6.45, 7) is 0.144. The van der Waals surface area contributed by atoms with Crippen LogP contribution in [0.2, 0.25) is 0 Å². The van der Waals surface area contributed by atoms with Gasteiger partial charge in [-0.15, -0.1) is 0 Å². The van der Waals surface area contributed by atoms with Gasteiger partial charge >= 0.3 is 6.03 Å². The Labute approximate surface area is 184 Å². The third-order valence-corrected chi connectivity index (χ3v) is 4.87. The van der Waals surface area contributed by atoms with E-state index in [2.05, 4.69) is 30.6 Å². The van der Waals surface area contributed by atoms with Gasteiger partial charge in [0.15, 0.2) is 0 Å². The van der Waals surface area contributed by atoms with E-state index in [0.29, 0.717) is 28.8 Å². The molecule has 0 aromatic carbocycles. The lowest BCUT2D eigenvalue weighted by molar-refractivity contribution is 0.228. The number of hydrogen-bond donors (Lipinski definition) is 3. The summed E-state index contributed by atoms with van der Waals surface area (Å²) in [5.74, 6) is 1.19. The second kappa shape index (κ2) is 9.35. The summed E-state index contributed by atoms with van der Waals surface area (Å²) < 4.78 is 25.2. The smallest absolute Gasteiger partial charge is 0.320 e. The van der Waals surface area contributed by atoms with E-state index in [4.69, 9.17) is 9.47 Å². The molecule has 3 aromatic heterocycles. The molecular weight excluding hydrogens is 417 g/mol. The quantitative estimate of drug-likeness (QED) is 0.465. The number of H-pyrrole nitrogens is 1. The van der Waals surface area contributed by atoms with Crippen LogP contribution in [0.1, 0.15) is 12.8 Å². The van der Waals surface area contributed by atoms with Gasteiger partial charge in [-0.2, -0.15) is 0 Å². The van der Waals surface area contributed by atoms with Crippen molar-refractivity contribution >= 4 is 22.9 Å². The normalized spacial score (nSPS) is 14.4. The number of ether oxygens (including phenoxy) is 2. The number of aromatic nitrogens is 4. The first kappa shape index (κ1) is 21.8. The number of rotatable bonds is 9. The van der Waals surface area contributed by atoms with Crippen molar-refractivity contribution in [1.82, 2.24) is 30.2 Å². The number of nitrogens with one attached hydrogen (secondary N) is 3. The van der Waals surface area contributed by atoms with Crippen LogP contribution in [0.5, 0.6) is 11.8 Å². The van der Waals surface area contributed by atoms with Gasteiger partial charge in [-0.3, -0.25) is 5.32 Å². The van der Waals surface area contributed by atoms with Gasteiger partial charge in [-0.1, -0.05) is 0 Å². The topological polar surface area (TPSA) is 117 Å². The Kier molecular flexibility index (Phi) is 6.35. The number of anilines is 1. The molecule has 0 aliphatic heterocycles. The highest BCUT2D eigenvalue weighted by Crippen LogP contribution is 2.41. The molecule has 1 aliphatic rings. The molecule has 2 amide bonds. The van der Waals surface area contributed by atoms with Gasteiger partial charge in [0.2, 0.25) is 11.8 Å². The molecule has 0 unspecified atom stereocenters. The van der Waals surface area contributed by atoms with Gasteiger partial charge < -0.3 is 24.7 Å². The summed E-state index contributed by atoms with van der Waals surface area (Å²) in [6, 6.07) is 2.97. The van der Waals surface area contributed by atoms with Crippen molar-refractivity contribution in [3.63, 3.8) is 0 Å². The molecule has 1 saturated carbocycles. The summed E-state index contributed by atoms with van der Waals surface area (Å²) >= 11 is 0. The molecule has 3 N–H and O–H groups in total.